The summed E-state index contributed by atoms with van der Waals surface area (Å²) < 4.78 is 62.2. The highest BCUT2D eigenvalue weighted by Gasteiger charge is 2.29. The van der Waals surface area contributed by atoms with Crippen LogP contribution in [0.2, 0.25) is 0 Å². The first kappa shape index (κ1) is 22.6. The van der Waals surface area contributed by atoms with Crippen LogP contribution in [0.1, 0.15) is 24.4 Å². The van der Waals surface area contributed by atoms with Crippen molar-refractivity contribution in [2.45, 2.75) is 31.5 Å². The number of fused-ring (bicyclic) bond motifs is 2. The molecule has 0 amide bonds. The van der Waals surface area contributed by atoms with Gasteiger partial charge in [0.25, 0.3) is 0 Å². The Kier molecular flexibility index (Phi) is 5.44. The van der Waals surface area contributed by atoms with Gasteiger partial charge in [-0.05, 0) is 36.6 Å². The quantitative estimate of drug-likeness (QED) is 0.311. The van der Waals surface area contributed by atoms with Crippen LogP contribution in [0.15, 0.2) is 55.0 Å². The summed E-state index contributed by atoms with van der Waals surface area (Å²) in [6, 6.07) is 10.6. The van der Waals surface area contributed by atoms with Crippen molar-refractivity contribution in [1.29, 1.82) is 0 Å². The zero-order valence-electron chi connectivity index (χ0n) is 18.9. The minimum atomic E-state index is -4.31. The number of hydrogen-bond acceptors (Lipinski definition) is 5. The van der Waals surface area contributed by atoms with Crippen molar-refractivity contribution in [3.8, 4) is 17.3 Å². The number of aromatic nitrogens is 6. The van der Waals surface area contributed by atoms with Crippen LogP contribution >= 0.6 is 0 Å². The van der Waals surface area contributed by atoms with Gasteiger partial charge in [0.05, 0.1) is 23.7 Å². The minimum Gasteiger partial charge on any atom is -0.381 e. The van der Waals surface area contributed by atoms with Crippen LogP contribution in [-0.4, -0.2) is 48.5 Å². The van der Waals surface area contributed by atoms with Gasteiger partial charge in [-0.3, -0.25) is 4.57 Å². The van der Waals surface area contributed by atoms with Gasteiger partial charge in [0.1, 0.15) is 23.5 Å². The molecule has 36 heavy (non-hydrogen) atoms. The van der Waals surface area contributed by atoms with Gasteiger partial charge in [-0.25, -0.2) is 19.3 Å². The number of rotatable bonds is 4. The molecule has 0 N–H and O–H groups in total. The van der Waals surface area contributed by atoms with E-state index in [0.717, 1.165) is 0 Å². The highest BCUT2D eigenvalue weighted by molar-refractivity contribution is 5.79. The van der Waals surface area contributed by atoms with Crippen molar-refractivity contribution >= 4 is 22.2 Å². The molecule has 184 valence electrons. The smallest absolute Gasteiger partial charge is 0.381 e. The largest absolute Gasteiger partial charge is 0.393 e. The number of alkyl halides is 3. The lowest BCUT2D eigenvalue weighted by molar-refractivity contribution is -0.127. The van der Waals surface area contributed by atoms with Crippen LogP contribution < -0.4 is 0 Å². The third kappa shape index (κ3) is 4.19. The van der Waals surface area contributed by atoms with Crippen LogP contribution in [0.4, 0.5) is 17.6 Å². The molecule has 6 rings (SSSR count). The summed E-state index contributed by atoms with van der Waals surface area (Å²) >= 11 is 0. The molecule has 11 heteroatoms. The lowest BCUT2D eigenvalue weighted by Gasteiger charge is -2.25. The SMILES string of the molecule is Fc1ccc2ncn(-c3ncc4nc(-c5cccc(CC(F)(F)F)c5)n(C5CCOCC5)c4n3)c2c1. The predicted molar refractivity (Wildman–Crippen MR) is 124 cm³/mol. The Labute approximate surface area is 202 Å². The summed E-state index contributed by atoms with van der Waals surface area (Å²) in [6.07, 6.45) is -0.818. The molecule has 0 atom stereocenters. The zero-order chi connectivity index (χ0) is 24.9. The molecule has 4 heterocycles. The van der Waals surface area contributed by atoms with Crippen LogP contribution in [-0.2, 0) is 11.2 Å². The third-order valence-corrected chi connectivity index (χ3v) is 6.29. The Morgan fingerprint density at radius 1 is 0.972 bits per heavy atom. The van der Waals surface area contributed by atoms with E-state index >= 15 is 0 Å². The second-order valence-corrected chi connectivity index (χ2v) is 8.77. The van der Waals surface area contributed by atoms with E-state index in [-0.39, 0.29) is 11.6 Å². The monoisotopic (exact) mass is 496 g/mol. The molecule has 0 radical (unpaired) electrons. The Balaban J connectivity index is 1.52. The number of hydrogen-bond donors (Lipinski definition) is 0. The summed E-state index contributed by atoms with van der Waals surface area (Å²) in [4.78, 5) is 18.2. The molecular weight excluding hydrogens is 476 g/mol. The van der Waals surface area contributed by atoms with Gasteiger partial charge in [0.15, 0.2) is 5.65 Å². The highest BCUT2D eigenvalue weighted by atomic mass is 19.4. The minimum absolute atomic E-state index is 0.00949. The van der Waals surface area contributed by atoms with Crippen molar-refractivity contribution in [3.63, 3.8) is 0 Å². The Hall–Kier alpha value is -3.86. The molecule has 1 saturated heterocycles. The molecule has 3 aromatic heterocycles. The van der Waals surface area contributed by atoms with Crippen LogP contribution in [0.3, 0.4) is 0 Å². The van der Waals surface area contributed by atoms with E-state index in [1.807, 2.05) is 4.57 Å². The first-order chi connectivity index (χ1) is 17.4. The molecule has 0 bridgehead atoms. The fourth-order valence-electron chi connectivity index (χ4n) is 4.68. The highest BCUT2D eigenvalue weighted by Crippen LogP contribution is 2.33. The maximum atomic E-state index is 13.9. The average molecular weight is 496 g/mol. The fraction of sp³-hybridized carbons (Fsp3) is 0.280. The van der Waals surface area contributed by atoms with Crippen molar-refractivity contribution in [1.82, 2.24) is 29.1 Å². The van der Waals surface area contributed by atoms with E-state index in [1.165, 1.54) is 30.6 Å². The molecule has 1 aliphatic rings. The molecule has 0 spiro atoms. The topological polar surface area (TPSA) is 70.7 Å². The van der Waals surface area contributed by atoms with Gasteiger partial charge < -0.3 is 9.30 Å². The van der Waals surface area contributed by atoms with Crippen molar-refractivity contribution < 1.29 is 22.3 Å². The predicted octanol–water partition coefficient (Wildman–Crippen LogP) is 5.43. The normalized spacial score (nSPS) is 15.2. The van der Waals surface area contributed by atoms with Crippen molar-refractivity contribution in [2.24, 2.45) is 0 Å². The number of imidazole rings is 2. The van der Waals surface area contributed by atoms with Gasteiger partial charge in [-0.15, -0.1) is 0 Å². The van der Waals surface area contributed by atoms with E-state index in [9.17, 15) is 17.6 Å². The summed E-state index contributed by atoms with van der Waals surface area (Å²) in [6.45, 7) is 1.11. The first-order valence-electron chi connectivity index (χ1n) is 11.5. The third-order valence-electron chi connectivity index (χ3n) is 6.29. The molecule has 2 aromatic carbocycles. The van der Waals surface area contributed by atoms with Gasteiger partial charge in [0.2, 0.25) is 5.95 Å². The van der Waals surface area contributed by atoms with Gasteiger partial charge in [0, 0.05) is 30.9 Å². The number of halogens is 4. The number of benzene rings is 2. The molecule has 0 unspecified atom stereocenters. The Bertz CT molecular complexity index is 1570. The molecule has 1 aliphatic heterocycles. The van der Waals surface area contributed by atoms with Crippen LogP contribution in [0.25, 0.3) is 39.5 Å². The van der Waals surface area contributed by atoms with Crippen LogP contribution in [0, 0.1) is 5.82 Å². The average Bonchev–Trinajstić information content (AvgIpc) is 3.44. The van der Waals surface area contributed by atoms with Crippen LogP contribution in [0.5, 0.6) is 0 Å². The Morgan fingerprint density at radius 3 is 2.61 bits per heavy atom. The van der Waals surface area contributed by atoms with E-state index in [0.29, 0.717) is 65.6 Å². The van der Waals surface area contributed by atoms with E-state index in [4.69, 9.17) is 14.7 Å². The van der Waals surface area contributed by atoms with E-state index < -0.39 is 18.4 Å². The Morgan fingerprint density at radius 2 is 1.81 bits per heavy atom. The van der Waals surface area contributed by atoms with Gasteiger partial charge >= 0.3 is 6.18 Å². The fourth-order valence-corrected chi connectivity index (χ4v) is 4.68. The molecular formula is C25H20F4N6O. The number of ether oxygens (including phenoxy) is 1. The second-order valence-electron chi connectivity index (χ2n) is 8.77. The maximum Gasteiger partial charge on any atom is 0.393 e. The maximum absolute atomic E-state index is 13.9. The van der Waals surface area contributed by atoms with Crippen molar-refractivity contribution in [3.05, 3.63) is 66.4 Å². The van der Waals surface area contributed by atoms with Crippen molar-refractivity contribution in [2.75, 3.05) is 13.2 Å². The lowest BCUT2D eigenvalue weighted by atomic mass is 10.1. The summed E-state index contributed by atoms with van der Waals surface area (Å²) in [5.74, 6) is 0.411. The first-order valence-corrected chi connectivity index (χ1v) is 11.5. The molecule has 0 aliphatic carbocycles. The molecule has 1 fully saturated rings. The summed E-state index contributed by atoms with van der Waals surface area (Å²) in [5.41, 5.74) is 2.90. The zero-order valence-corrected chi connectivity index (χ0v) is 18.9. The van der Waals surface area contributed by atoms with E-state index in [2.05, 4.69) is 9.97 Å². The van der Waals surface area contributed by atoms with Gasteiger partial charge in [-0.1, -0.05) is 18.2 Å². The van der Waals surface area contributed by atoms with Gasteiger partial charge in [-0.2, -0.15) is 18.2 Å². The second kappa shape index (κ2) is 8.66. The molecule has 7 nitrogen and oxygen atoms in total. The summed E-state index contributed by atoms with van der Waals surface area (Å²) in [7, 11) is 0. The molecule has 5 aromatic rings. The van der Waals surface area contributed by atoms with E-state index in [1.54, 1.807) is 29.0 Å². The standard InChI is InChI=1S/C25H20F4N6O/c26-17-4-5-19-21(11-17)34(14-31-19)24-30-13-20-23(33-24)35(18-6-8-36-9-7-18)22(32-20)16-3-1-2-15(10-16)12-25(27,28)29/h1-5,10-11,13-14,18H,6-9,12H2. The number of nitrogens with zero attached hydrogens (tertiary/aromatic N) is 6. The summed E-state index contributed by atoms with van der Waals surface area (Å²) in [5, 5.41) is 0. The lowest BCUT2D eigenvalue weighted by Crippen LogP contribution is -2.21. The molecule has 0 saturated carbocycles.